The van der Waals surface area contributed by atoms with E-state index >= 15 is 0 Å². The SMILES string of the molecule is CC[C@H]1O[C@@H](n2ccc(NC(=O)C(C)C)nc2=O)CC1O[P@]1O[C@@](C)(c2ccccc2)[C@@H]2CCN21. The van der Waals surface area contributed by atoms with Crippen LogP contribution >= 0.6 is 8.53 Å². The van der Waals surface area contributed by atoms with Gasteiger partial charge in [-0.1, -0.05) is 51.1 Å². The summed E-state index contributed by atoms with van der Waals surface area (Å²) in [7, 11) is -1.23. The van der Waals surface area contributed by atoms with E-state index in [1.807, 2.05) is 18.2 Å². The summed E-state index contributed by atoms with van der Waals surface area (Å²) >= 11 is 0. The van der Waals surface area contributed by atoms with Crippen molar-refractivity contribution in [2.24, 2.45) is 5.92 Å². The number of fused-ring (bicyclic) bond motifs is 1. The molecule has 5 rings (SSSR count). The van der Waals surface area contributed by atoms with Crippen molar-refractivity contribution >= 4 is 20.3 Å². The van der Waals surface area contributed by atoms with Gasteiger partial charge < -0.3 is 19.1 Å². The highest BCUT2D eigenvalue weighted by Gasteiger charge is 2.58. The smallest absolute Gasteiger partial charge is 0.351 e. The standard InChI is InChI=1S/C25H33N4O5P/c1-5-18-19(15-22(32-18)28-13-12-21(27-24(28)31)26-23(30)16(2)3)33-35-29-14-11-20(29)25(4,34-35)17-9-7-6-8-10-17/h6-10,12-13,16,18-20,22H,5,11,14-15H2,1-4H3,(H,26,27,30,31)/t18-,19?,20+,22-,25+,35-/m1/s1. The summed E-state index contributed by atoms with van der Waals surface area (Å²) in [5.74, 6) is -0.137. The Bertz CT molecular complexity index is 1130. The van der Waals surface area contributed by atoms with E-state index in [1.165, 1.54) is 4.57 Å². The molecule has 0 radical (unpaired) electrons. The number of amides is 1. The van der Waals surface area contributed by atoms with Crippen molar-refractivity contribution in [1.82, 2.24) is 14.2 Å². The molecule has 0 bridgehead atoms. The number of carbonyl (C=O) groups excluding carboxylic acids is 1. The minimum atomic E-state index is -1.23. The van der Waals surface area contributed by atoms with Gasteiger partial charge in [0.1, 0.15) is 17.6 Å². The molecule has 188 valence electrons. The lowest BCUT2D eigenvalue weighted by Gasteiger charge is -2.40. The van der Waals surface area contributed by atoms with E-state index in [2.05, 4.69) is 41.0 Å². The van der Waals surface area contributed by atoms with Crippen LogP contribution in [-0.2, 0) is 24.2 Å². The van der Waals surface area contributed by atoms with E-state index in [-0.39, 0.29) is 29.9 Å². The molecular weight excluding hydrogens is 467 g/mol. The summed E-state index contributed by atoms with van der Waals surface area (Å²) in [5.41, 5.74) is 0.301. The minimum Gasteiger partial charge on any atom is -0.352 e. The number of nitrogens with zero attached hydrogens (tertiary/aromatic N) is 3. The van der Waals surface area contributed by atoms with Gasteiger partial charge in [-0.05, 0) is 31.4 Å². The normalized spacial score (nSPS) is 32.4. The molecule has 3 aliphatic rings. The van der Waals surface area contributed by atoms with Crippen LogP contribution in [0.4, 0.5) is 5.82 Å². The first-order valence-corrected chi connectivity index (χ1v) is 13.5. The summed E-state index contributed by atoms with van der Waals surface area (Å²) in [6, 6.07) is 12.3. The van der Waals surface area contributed by atoms with Gasteiger partial charge in [0.2, 0.25) is 5.91 Å². The molecule has 3 fully saturated rings. The summed E-state index contributed by atoms with van der Waals surface area (Å²) < 4.78 is 23.2. The maximum Gasteiger partial charge on any atom is 0.351 e. The van der Waals surface area contributed by atoms with Crippen LogP contribution < -0.4 is 11.0 Å². The van der Waals surface area contributed by atoms with Crippen molar-refractivity contribution in [2.75, 3.05) is 11.9 Å². The number of hydrogen-bond acceptors (Lipinski definition) is 7. The molecule has 3 aliphatic heterocycles. The van der Waals surface area contributed by atoms with Gasteiger partial charge in [0, 0.05) is 25.1 Å². The third kappa shape index (κ3) is 4.56. The molecule has 2 aromatic rings. The van der Waals surface area contributed by atoms with Gasteiger partial charge in [-0.25, -0.2) is 9.46 Å². The second-order valence-electron chi connectivity index (χ2n) is 9.83. The molecule has 1 aromatic carbocycles. The van der Waals surface area contributed by atoms with Crippen LogP contribution in [0.1, 0.15) is 58.7 Å². The van der Waals surface area contributed by atoms with Gasteiger partial charge in [-0.3, -0.25) is 9.36 Å². The molecule has 1 aromatic heterocycles. The molecule has 6 atom stereocenters. The predicted octanol–water partition coefficient (Wildman–Crippen LogP) is 4.17. The Kier molecular flexibility index (Phi) is 6.81. The average molecular weight is 501 g/mol. The van der Waals surface area contributed by atoms with E-state index in [9.17, 15) is 9.59 Å². The number of benzene rings is 1. The zero-order valence-electron chi connectivity index (χ0n) is 20.6. The summed E-state index contributed by atoms with van der Waals surface area (Å²) in [5, 5.41) is 2.67. The maximum atomic E-state index is 12.7. The van der Waals surface area contributed by atoms with E-state index in [0.29, 0.717) is 12.5 Å². The van der Waals surface area contributed by atoms with Crippen molar-refractivity contribution in [3.8, 4) is 0 Å². The van der Waals surface area contributed by atoms with Gasteiger partial charge in [0.05, 0.1) is 18.2 Å². The van der Waals surface area contributed by atoms with Crippen molar-refractivity contribution in [3.63, 3.8) is 0 Å². The topological polar surface area (TPSA) is 94.9 Å². The van der Waals surface area contributed by atoms with Crippen molar-refractivity contribution in [1.29, 1.82) is 0 Å². The van der Waals surface area contributed by atoms with Gasteiger partial charge >= 0.3 is 5.69 Å². The molecule has 9 nitrogen and oxygen atoms in total. The Morgan fingerprint density at radius 3 is 2.71 bits per heavy atom. The lowest BCUT2D eigenvalue weighted by atomic mass is 9.83. The maximum absolute atomic E-state index is 12.7. The average Bonchev–Trinajstić information content (AvgIpc) is 3.29. The third-order valence-corrected chi connectivity index (χ3v) is 9.06. The number of ether oxygens (including phenoxy) is 1. The van der Waals surface area contributed by atoms with E-state index in [0.717, 1.165) is 24.9 Å². The molecule has 35 heavy (non-hydrogen) atoms. The van der Waals surface area contributed by atoms with Gasteiger partial charge in [-0.15, -0.1) is 0 Å². The lowest BCUT2D eigenvalue weighted by Crippen LogP contribution is -2.49. The van der Waals surface area contributed by atoms with Crippen LogP contribution in [0.5, 0.6) is 0 Å². The Labute approximate surface area is 206 Å². The highest BCUT2D eigenvalue weighted by Crippen LogP contribution is 2.65. The lowest BCUT2D eigenvalue weighted by molar-refractivity contribution is -0.118. The third-order valence-electron chi connectivity index (χ3n) is 7.18. The van der Waals surface area contributed by atoms with E-state index < -0.39 is 26.0 Å². The highest BCUT2D eigenvalue weighted by molar-refractivity contribution is 7.45. The summed E-state index contributed by atoms with van der Waals surface area (Å²) in [4.78, 5) is 28.7. The molecule has 0 saturated carbocycles. The molecule has 0 aliphatic carbocycles. The molecule has 1 amide bonds. The Balaban J connectivity index is 1.28. The Morgan fingerprint density at radius 2 is 2.09 bits per heavy atom. The van der Waals surface area contributed by atoms with Crippen LogP contribution in [0, 0.1) is 5.92 Å². The van der Waals surface area contributed by atoms with Crippen LogP contribution in [0.3, 0.4) is 0 Å². The molecule has 1 N–H and O–H groups in total. The van der Waals surface area contributed by atoms with Gasteiger partial charge in [0.15, 0.2) is 0 Å². The van der Waals surface area contributed by atoms with Crippen molar-refractivity contribution in [3.05, 3.63) is 58.6 Å². The number of hydrogen-bond donors (Lipinski definition) is 1. The molecule has 3 saturated heterocycles. The highest BCUT2D eigenvalue weighted by atomic mass is 31.2. The second-order valence-corrected chi connectivity index (χ2v) is 11.2. The fourth-order valence-corrected chi connectivity index (χ4v) is 7.05. The summed E-state index contributed by atoms with van der Waals surface area (Å²) in [6.45, 7) is 8.74. The zero-order chi connectivity index (χ0) is 24.7. The largest absolute Gasteiger partial charge is 0.352 e. The number of aromatic nitrogens is 2. The number of rotatable bonds is 7. The van der Waals surface area contributed by atoms with Crippen LogP contribution in [-0.4, -0.2) is 44.9 Å². The van der Waals surface area contributed by atoms with Crippen LogP contribution in [0.15, 0.2) is 47.4 Å². The zero-order valence-corrected chi connectivity index (χ0v) is 21.5. The molecule has 1 unspecified atom stereocenters. The number of nitrogens with one attached hydrogen (secondary N) is 1. The first kappa shape index (κ1) is 24.5. The monoisotopic (exact) mass is 500 g/mol. The van der Waals surface area contributed by atoms with Crippen molar-refractivity contribution in [2.45, 2.75) is 77.0 Å². The van der Waals surface area contributed by atoms with E-state index in [4.69, 9.17) is 13.8 Å². The fraction of sp³-hybridized carbons (Fsp3) is 0.560. The van der Waals surface area contributed by atoms with Crippen LogP contribution in [0.25, 0.3) is 0 Å². The quantitative estimate of drug-likeness (QED) is 0.571. The molecular formula is C25H33N4O5P. The molecule has 10 heteroatoms. The first-order valence-electron chi connectivity index (χ1n) is 12.3. The predicted molar refractivity (Wildman–Crippen MR) is 133 cm³/mol. The molecule has 0 spiro atoms. The summed E-state index contributed by atoms with van der Waals surface area (Å²) in [6.07, 6.45) is 3.17. The Morgan fingerprint density at radius 1 is 1.31 bits per heavy atom. The fourth-order valence-electron chi connectivity index (χ4n) is 4.93. The minimum absolute atomic E-state index is 0.151. The molecule has 4 heterocycles. The van der Waals surface area contributed by atoms with Gasteiger partial charge in [0.25, 0.3) is 8.53 Å². The number of carbonyl (C=O) groups is 1. The first-order chi connectivity index (χ1) is 16.8. The number of anilines is 1. The van der Waals surface area contributed by atoms with Crippen molar-refractivity contribution < 1.29 is 18.6 Å². The Hall–Kier alpha value is -2.16. The van der Waals surface area contributed by atoms with Gasteiger partial charge in [-0.2, -0.15) is 4.98 Å². The van der Waals surface area contributed by atoms with E-state index in [1.54, 1.807) is 26.1 Å². The van der Waals surface area contributed by atoms with Crippen LogP contribution in [0.2, 0.25) is 0 Å². The second kappa shape index (κ2) is 9.71.